The van der Waals surface area contributed by atoms with Gasteiger partial charge in [-0.25, -0.2) is 0 Å². The molecule has 2 saturated heterocycles. The smallest absolute Gasteiger partial charge is 0.295 e. The number of methoxy groups -OCH3 is 1. The SMILES string of the molecule is CCCCCOc1ccc(C2C(=C(O)c3ccc(C)cc3)C(=O)C(=O)N2CC2CCCO2)cc1OC. The van der Waals surface area contributed by atoms with Gasteiger partial charge in [-0.3, -0.25) is 9.59 Å². The van der Waals surface area contributed by atoms with E-state index in [0.29, 0.717) is 35.8 Å². The van der Waals surface area contributed by atoms with E-state index in [9.17, 15) is 14.7 Å². The van der Waals surface area contributed by atoms with Gasteiger partial charge in [-0.15, -0.1) is 0 Å². The maximum Gasteiger partial charge on any atom is 0.295 e. The highest BCUT2D eigenvalue weighted by Gasteiger charge is 2.47. The third-order valence-electron chi connectivity index (χ3n) is 6.80. The van der Waals surface area contributed by atoms with Crippen LogP contribution in [0, 0.1) is 6.92 Å². The molecule has 2 fully saturated rings. The Morgan fingerprint density at radius 1 is 1.11 bits per heavy atom. The fourth-order valence-corrected chi connectivity index (χ4v) is 4.80. The van der Waals surface area contributed by atoms with Gasteiger partial charge in [0.1, 0.15) is 5.76 Å². The number of aryl methyl sites for hydroxylation is 1. The lowest BCUT2D eigenvalue weighted by Crippen LogP contribution is -2.36. The van der Waals surface area contributed by atoms with Crippen LogP contribution in [0.25, 0.3) is 5.76 Å². The molecule has 2 unspecified atom stereocenters. The summed E-state index contributed by atoms with van der Waals surface area (Å²) >= 11 is 0. The average Bonchev–Trinajstić information content (AvgIpc) is 3.49. The zero-order valence-corrected chi connectivity index (χ0v) is 21.3. The quantitative estimate of drug-likeness (QED) is 0.213. The van der Waals surface area contributed by atoms with Crippen molar-refractivity contribution >= 4 is 17.4 Å². The largest absolute Gasteiger partial charge is 0.507 e. The number of carbonyl (C=O) groups is 2. The number of benzene rings is 2. The van der Waals surface area contributed by atoms with Crippen molar-refractivity contribution in [3.63, 3.8) is 0 Å². The maximum atomic E-state index is 13.3. The van der Waals surface area contributed by atoms with E-state index in [-0.39, 0.29) is 24.0 Å². The lowest BCUT2D eigenvalue weighted by molar-refractivity contribution is -0.140. The van der Waals surface area contributed by atoms with Crippen molar-refractivity contribution in [2.24, 2.45) is 0 Å². The zero-order chi connectivity index (χ0) is 25.7. The minimum Gasteiger partial charge on any atom is -0.507 e. The van der Waals surface area contributed by atoms with E-state index in [2.05, 4.69) is 6.92 Å². The van der Waals surface area contributed by atoms with Crippen molar-refractivity contribution in [1.29, 1.82) is 0 Å². The van der Waals surface area contributed by atoms with E-state index in [1.807, 2.05) is 25.1 Å². The number of ether oxygens (including phenoxy) is 3. The van der Waals surface area contributed by atoms with Gasteiger partial charge >= 0.3 is 0 Å². The molecule has 0 saturated carbocycles. The molecule has 0 aromatic heterocycles. The number of hydrogen-bond acceptors (Lipinski definition) is 6. The molecule has 0 aliphatic carbocycles. The average molecular weight is 494 g/mol. The minimum absolute atomic E-state index is 0.0699. The maximum absolute atomic E-state index is 13.3. The summed E-state index contributed by atoms with van der Waals surface area (Å²) < 4.78 is 17.3. The molecule has 192 valence electrons. The molecule has 1 amide bonds. The lowest BCUT2D eigenvalue weighted by atomic mass is 9.94. The summed E-state index contributed by atoms with van der Waals surface area (Å²) in [6.45, 7) is 5.58. The third-order valence-corrected chi connectivity index (χ3v) is 6.80. The van der Waals surface area contributed by atoms with Gasteiger partial charge in [-0.05, 0) is 43.9 Å². The van der Waals surface area contributed by atoms with Crippen LogP contribution in [0.1, 0.15) is 61.8 Å². The summed E-state index contributed by atoms with van der Waals surface area (Å²) in [5.41, 5.74) is 2.25. The summed E-state index contributed by atoms with van der Waals surface area (Å²) in [5.74, 6) is -0.404. The highest BCUT2D eigenvalue weighted by atomic mass is 16.5. The number of nitrogens with zero attached hydrogens (tertiary/aromatic N) is 1. The van der Waals surface area contributed by atoms with E-state index in [0.717, 1.165) is 37.7 Å². The predicted octanol–water partition coefficient (Wildman–Crippen LogP) is 5.17. The third kappa shape index (κ3) is 5.41. The number of carbonyl (C=O) groups excluding carboxylic acids is 2. The fourth-order valence-electron chi connectivity index (χ4n) is 4.80. The molecule has 2 aliphatic heterocycles. The predicted molar refractivity (Wildman–Crippen MR) is 137 cm³/mol. The summed E-state index contributed by atoms with van der Waals surface area (Å²) in [7, 11) is 1.56. The second-order valence-corrected chi connectivity index (χ2v) is 9.42. The first kappa shape index (κ1) is 25.8. The Morgan fingerprint density at radius 3 is 2.56 bits per heavy atom. The number of ketones is 1. The zero-order valence-electron chi connectivity index (χ0n) is 21.3. The second-order valence-electron chi connectivity index (χ2n) is 9.42. The van der Waals surface area contributed by atoms with Gasteiger partial charge < -0.3 is 24.2 Å². The van der Waals surface area contributed by atoms with E-state index in [4.69, 9.17) is 14.2 Å². The molecule has 7 nitrogen and oxygen atoms in total. The normalized spacial score (nSPS) is 21.2. The molecule has 2 aliphatic rings. The lowest BCUT2D eigenvalue weighted by Gasteiger charge is -2.28. The van der Waals surface area contributed by atoms with E-state index < -0.39 is 17.7 Å². The van der Waals surface area contributed by atoms with E-state index in [1.165, 1.54) is 4.90 Å². The Morgan fingerprint density at radius 2 is 1.89 bits per heavy atom. The number of hydrogen-bond donors (Lipinski definition) is 1. The Kier molecular flexibility index (Phi) is 8.31. The van der Waals surface area contributed by atoms with Gasteiger partial charge in [0.25, 0.3) is 11.7 Å². The van der Waals surface area contributed by atoms with Gasteiger partial charge in [-0.1, -0.05) is 55.7 Å². The summed E-state index contributed by atoms with van der Waals surface area (Å²) in [4.78, 5) is 28.0. The first-order valence-electron chi connectivity index (χ1n) is 12.7. The summed E-state index contributed by atoms with van der Waals surface area (Å²) in [5, 5.41) is 11.3. The van der Waals surface area contributed by atoms with Crippen LogP contribution < -0.4 is 9.47 Å². The van der Waals surface area contributed by atoms with Crippen molar-refractivity contribution in [3.05, 3.63) is 64.7 Å². The monoisotopic (exact) mass is 493 g/mol. The van der Waals surface area contributed by atoms with Crippen LogP contribution in [0.4, 0.5) is 0 Å². The van der Waals surface area contributed by atoms with Crippen molar-refractivity contribution in [2.45, 2.75) is 58.1 Å². The van der Waals surface area contributed by atoms with Crippen LogP contribution in [0.15, 0.2) is 48.0 Å². The van der Waals surface area contributed by atoms with E-state index in [1.54, 1.807) is 31.4 Å². The Bertz CT molecular complexity index is 1120. The standard InChI is InChI=1S/C29H35NO6/c1-4-5-6-15-36-23-14-13-21(17-24(23)34-3)26-25(27(31)20-11-9-19(2)10-12-20)28(32)29(33)30(26)18-22-8-7-16-35-22/h9-14,17,22,26,31H,4-8,15-16,18H2,1-3H3. The Hall–Kier alpha value is -3.32. The molecule has 1 N–H and O–H groups in total. The van der Waals surface area contributed by atoms with Crippen molar-refractivity contribution in [2.75, 3.05) is 26.9 Å². The van der Waals surface area contributed by atoms with Crippen LogP contribution in [0.2, 0.25) is 0 Å². The van der Waals surface area contributed by atoms with Crippen LogP contribution >= 0.6 is 0 Å². The number of rotatable bonds is 10. The van der Waals surface area contributed by atoms with Gasteiger partial charge in [-0.2, -0.15) is 0 Å². The molecule has 0 radical (unpaired) electrons. The minimum atomic E-state index is -0.765. The molecular formula is C29H35NO6. The number of unbranched alkanes of at least 4 members (excludes halogenated alkanes) is 2. The molecule has 2 aromatic rings. The first-order valence-corrected chi connectivity index (χ1v) is 12.7. The molecule has 0 bridgehead atoms. The van der Waals surface area contributed by atoms with Crippen molar-refractivity contribution in [3.8, 4) is 11.5 Å². The number of Topliss-reactive ketones (excluding diaryl/α,β-unsaturated/α-hetero) is 1. The highest BCUT2D eigenvalue weighted by Crippen LogP contribution is 2.42. The highest BCUT2D eigenvalue weighted by molar-refractivity contribution is 6.46. The molecule has 2 heterocycles. The molecule has 4 rings (SSSR count). The summed E-state index contributed by atoms with van der Waals surface area (Å²) in [6, 6.07) is 11.9. The van der Waals surface area contributed by atoms with Gasteiger partial charge in [0.05, 0.1) is 31.4 Å². The van der Waals surface area contributed by atoms with Crippen LogP contribution in [-0.4, -0.2) is 54.7 Å². The number of aliphatic hydroxyl groups excluding tert-OH is 1. The van der Waals surface area contributed by atoms with Crippen LogP contribution in [0.3, 0.4) is 0 Å². The fraction of sp³-hybridized carbons (Fsp3) is 0.448. The van der Waals surface area contributed by atoms with Crippen LogP contribution in [-0.2, 0) is 14.3 Å². The van der Waals surface area contributed by atoms with Crippen molar-refractivity contribution in [1.82, 2.24) is 4.90 Å². The number of amides is 1. The van der Waals surface area contributed by atoms with Gasteiger partial charge in [0, 0.05) is 18.7 Å². The Balaban J connectivity index is 1.75. The molecular weight excluding hydrogens is 458 g/mol. The topological polar surface area (TPSA) is 85.3 Å². The number of aliphatic hydroxyl groups is 1. The molecule has 0 spiro atoms. The number of likely N-dealkylation sites (tertiary alicyclic amines) is 1. The van der Waals surface area contributed by atoms with Gasteiger partial charge in [0.2, 0.25) is 0 Å². The van der Waals surface area contributed by atoms with Crippen molar-refractivity contribution < 1.29 is 28.9 Å². The Labute approximate surface area is 212 Å². The van der Waals surface area contributed by atoms with E-state index >= 15 is 0 Å². The molecule has 2 aromatic carbocycles. The van der Waals surface area contributed by atoms with Crippen LogP contribution in [0.5, 0.6) is 11.5 Å². The van der Waals surface area contributed by atoms with Gasteiger partial charge in [0.15, 0.2) is 11.5 Å². The second kappa shape index (κ2) is 11.6. The molecule has 36 heavy (non-hydrogen) atoms. The summed E-state index contributed by atoms with van der Waals surface area (Å²) in [6.07, 6.45) is 4.72. The first-order chi connectivity index (χ1) is 17.4. The molecule has 2 atom stereocenters. The molecule has 7 heteroatoms.